The molecule has 10 nitrogen and oxygen atoms in total. The predicted octanol–water partition coefficient (Wildman–Crippen LogP) is -0.172. The van der Waals surface area contributed by atoms with Crippen molar-refractivity contribution in [3.63, 3.8) is 0 Å². The lowest BCUT2D eigenvalue weighted by Gasteiger charge is -2.29. The smallest absolute Gasteiger partial charge is 0.333 e. The van der Waals surface area contributed by atoms with Crippen molar-refractivity contribution in [3.8, 4) is 17.5 Å². The fourth-order valence-corrected chi connectivity index (χ4v) is 3.64. The summed E-state index contributed by atoms with van der Waals surface area (Å²) in [5.41, 5.74) is 0.0318. The van der Waals surface area contributed by atoms with Crippen LogP contribution in [-0.2, 0) is 13.6 Å². The summed E-state index contributed by atoms with van der Waals surface area (Å²) in [6.07, 6.45) is 0. The van der Waals surface area contributed by atoms with E-state index < -0.39 is 11.2 Å². The van der Waals surface area contributed by atoms with Crippen molar-refractivity contribution in [2.24, 2.45) is 7.05 Å². The van der Waals surface area contributed by atoms with Gasteiger partial charge in [0, 0.05) is 33.2 Å². The monoisotopic (exact) mass is 395 g/mol. The highest BCUT2D eigenvalue weighted by molar-refractivity contribution is 5.79. The molecule has 0 unspecified atom stereocenters. The van der Waals surface area contributed by atoms with E-state index in [2.05, 4.69) is 15.2 Å². The van der Waals surface area contributed by atoms with E-state index in [9.17, 15) is 9.59 Å². The third-order valence-electron chi connectivity index (χ3n) is 5.08. The molecule has 1 N–H and O–H groups in total. The number of methoxy groups -OCH3 is 1. The van der Waals surface area contributed by atoms with Gasteiger partial charge in [-0.2, -0.15) is 10.2 Å². The molecule has 10 heteroatoms. The summed E-state index contributed by atoms with van der Waals surface area (Å²) in [6.45, 7) is 2.65. The van der Waals surface area contributed by atoms with Crippen LogP contribution >= 0.6 is 0 Å². The Morgan fingerprint density at radius 2 is 1.97 bits per heavy atom. The van der Waals surface area contributed by atoms with Crippen LogP contribution in [0.1, 0.15) is 0 Å². The molecule has 0 saturated carbocycles. The Morgan fingerprint density at radius 3 is 2.66 bits per heavy atom. The minimum Gasteiger partial charge on any atom is -0.495 e. The molecule has 0 aliphatic carbocycles. The number of rotatable bonds is 4. The first-order valence-electron chi connectivity index (χ1n) is 9.26. The summed E-state index contributed by atoms with van der Waals surface area (Å²) in [6, 6.07) is 9.22. The summed E-state index contributed by atoms with van der Waals surface area (Å²) >= 11 is 0. The van der Waals surface area contributed by atoms with Gasteiger partial charge < -0.3 is 15.0 Å². The zero-order valence-electron chi connectivity index (χ0n) is 16.3. The van der Waals surface area contributed by atoms with Crippen LogP contribution in [0, 0.1) is 11.3 Å². The summed E-state index contributed by atoms with van der Waals surface area (Å²) < 4.78 is 9.49. The number of ether oxygens (including phenoxy) is 1. The second-order valence-electron chi connectivity index (χ2n) is 6.72. The average Bonchev–Trinajstić information content (AvgIpc) is 3.16. The van der Waals surface area contributed by atoms with Crippen LogP contribution in [0.2, 0.25) is 0 Å². The molecule has 1 fully saturated rings. The SMILES string of the molecule is COc1ccccc1-n1c(N2CCNCC2)nc2c1c(=O)n(CC#N)c(=O)n2C. The first-order valence-corrected chi connectivity index (χ1v) is 9.26. The average molecular weight is 395 g/mol. The highest BCUT2D eigenvalue weighted by Crippen LogP contribution is 2.30. The maximum absolute atomic E-state index is 13.2. The van der Waals surface area contributed by atoms with Gasteiger partial charge in [0.2, 0.25) is 5.95 Å². The highest BCUT2D eigenvalue weighted by Gasteiger charge is 2.26. The Hall–Kier alpha value is -3.58. The standard InChI is InChI=1S/C19H21N7O3/c1-23-16-15(17(27)25(10-7-20)19(23)28)26(13-5-3-4-6-14(13)29-2)18(22-16)24-11-8-21-9-12-24/h3-6,21H,8-12H2,1-2H3. The first-order chi connectivity index (χ1) is 14.1. The second kappa shape index (κ2) is 7.44. The highest BCUT2D eigenvalue weighted by atomic mass is 16.5. The summed E-state index contributed by atoms with van der Waals surface area (Å²) in [4.78, 5) is 32.6. The molecular formula is C19H21N7O3. The van der Waals surface area contributed by atoms with Gasteiger partial charge >= 0.3 is 5.69 Å². The number of aryl methyl sites for hydroxylation is 1. The van der Waals surface area contributed by atoms with Crippen LogP contribution < -0.4 is 26.2 Å². The molecule has 1 aliphatic heterocycles. The number of hydrogen-bond donors (Lipinski definition) is 1. The fraction of sp³-hybridized carbons (Fsp3) is 0.368. The third-order valence-corrected chi connectivity index (χ3v) is 5.08. The van der Waals surface area contributed by atoms with E-state index in [0.29, 0.717) is 30.5 Å². The number of hydrogen-bond acceptors (Lipinski definition) is 7. The van der Waals surface area contributed by atoms with Crippen molar-refractivity contribution in [2.45, 2.75) is 6.54 Å². The van der Waals surface area contributed by atoms with Gasteiger partial charge in [0.05, 0.1) is 18.9 Å². The lowest BCUT2D eigenvalue weighted by Crippen LogP contribution is -2.44. The van der Waals surface area contributed by atoms with Crippen LogP contribution in [-0.4, -0.2) is 52.0 Å². The van der Waals surface area contributed by atoms with Gasteiger partial charge in [-0.3, -0.25) is 13.9 Å². The minimum atomic E-state index is -0.569. The number of imidazole rings is 1. The van der Waals surface area contributed by atoms with Gasteiger partial charge in [-0.1, -0.05) is 12.1 Å². The van der Waals surface area contributed by atoms with Crippen molar-refractivity contribution in [1.29, 1.82) is 5.26 Å². The lowest BCUT2D eigenvalue weighted by atomic mass is 10.3. The van der Waals surface area contributed by atoms with Crippen LogP contribution in [0.25, 0.3) is 16.9 Å². The van der Waals surface area contributed by atoms with Crippen molar-refractivity contribution < 1.29 is 4.74 Å². The molecule has 3 aromatic rings. The van der Waals surface area contributed by atoms with Crippen LogP contribution in [0.5, 0.6) is 5.75 Å². The van der Waals surface area contributed by atoms with E-state index >= 15 is 0 Å². The quantitative estimate of drug-likeness (QED) is 0.653. The van der Waals surface area contributed by atoms with Gasteiger partial charge in [-0.25, -0.2) is 9.36 Å². The van der Waals surface area contributed by atoms with E-state index in [0.717, 1.165) is 17.7 Å². The van der Waals surface area contributed by atoms with Crippen LogP contribution in [0.15, 0.2) is 33.9 Å². The second-order valence-corrected chi connectivity index (χ2v) is 6.72. The summed E-state index contributed by atoms with van der Waals surface area (Å²) in [5.74, 6) is 1.14. The van der Waals surface area contributed by atoms with E-state index in [-0.39, 0.29) is 17.7 Å². The molecule has 2 aromatic heterocycles. The van der Waals surface area contributed by atoms with Gasteiger partial charge in [0.15, 0.2) is 11.2 Å². The number of nitriles is 1. The maximum Gasteiger partial charge on any atom is 0.333 e. The van der Waals surface area contributed by atoms with Crippen LogP contribution in [0.4, 0.5) is 5.95 Å². The van der Waals surface area contributed by atoms with Gasteiger partial charge in [-0.05, 0) is 12.1 Å². The van der Waals surface area contributed by atoms with Crippen molar-refractivity contribution in [1.82, 2.24) is 24.0 Å². The minimum absolute atomic E-state index is 0.236. The Morgan fingerprint density at radius 1 is 1.24 bits per heavy atom. The zero-order chi connectivity index (χ0) is 20.5. The largest absolute Gasteiger partial charge is 0.495 e. The Bertz CT molecular complexity index is 1230. The molecule has 4 rings (SSSR count). The van der Waals surface area contributed by atoms with E-state index in [1.54, 1.807) is 24.8 Å². The third kappa shape index (κ3) is 2.96. The van der Waals surface area contributed by atoms with Gasteiger partial charge in [0.25, 0.3) is 5.56 Å². The first kappa shape index (κ1) is 18.8. The summed E-state index contributed by atoms with van der Waals surface area (Å²) in [5, 5.41) is 12.4. The Labute approximate surface area is 166 Å². The van der Waals surface area contributed by atoms with Crippen molar-refractivity contribution in [2.75, 3.05) is 38.2 Å². The molecule has 3 heterocycles. The van der Waals surface area contributed by atoms with E-state index in [4.69, 9.17) is 10.00 Å². The molecule has 0 atom stereocenters. The maximum atomic E-state index is 13.2. The van der Waals surface area contributed by atoms with Gasteiger partial charge in [-0.15, -0.1) is 0 Å². The topological polar surface area (TPSA) is 110 Å². The number of anilines is 1. The molecule has 0 radical (unpaired) electrons. The molecular weight excluding hydrogens is 374 g/mol. The molecule has 0 amide bonds. The number of piperazine rings is 1. The van der Waals surface area contributed by atoms with E-state index in [1.807, 2.05) is 24.3 Å². The summed E-state index contributed by atoms with van der Waals surface area (Å²) in [7, 11) is 3.12. The number of aromatic nitrogens is 4. The number of nitrogens with one attached hydrogen (secondary N) is 1. The van der Waals surface area contributed by atoms with Crippen LogP contribution in [0.3, 0.4) is 0 Å². The number of para-hydroxylation sites is 2. The predicted molar refractivity (Wildman–Crippen MR) is 108 cm³/mol. The molecule has 1 aliphatic rings. The lowest BCUT2D eigenvalue weighted by molar-refractivity contribution is 0.413. The number of fused-ring (bicyclic) bond motifs is 1. The van der Waals surface area contributed by atoms with E-state index in [1.165, 1.54) is 4.57 Å². The molecule has 1 aromatic carbocycles. The molecule has 29 heavy (non-hydrogen) atoms. The number of benzene rings is 1. The Kier molecular flexibility index (Phi) is 4.82. The molecule has 1 saturated heterocycles. The Balaban J connectivity index is 2.14. The van der Waals surface area contributed by atoms with Crippen molar-refractivity contribution >= 4 is 17.1 Å². The normalized spacial score (nSPS) is 14.2. The molecule has 0 bridgehead atoms. The fourth-order valence-electron chi connectivity index (χ4n) is 3.64. The zero-order valence-corrected chi connectivity index (χ0v) is 16.3. The molecule has 150 valence electrons. The number of nitrogens with zero attached hydrogens (tertiary/aromatic N) is 6. The van der Waals surface area contributed by atoms with Gasteiger partial charge in [0.1, 0.15) is 12.3 Å². The van der Waals surface area contributed by atoms with Crippen molar-refractivity contribution in [3.05, 3.63) is 45.1 Å². The molecule has 0 spiro atoms.